The molecule has 1 aliphatic heterocycles. The SMILES string of the molecule is CCOC(=O)NCCn1cc(CN2CCN(c3cccc4[nH]c(-c5ccc(C(C)(C)C)cc5)nc34)CC2)nc1C. The van der Waals surface area contributed by atoms with E-state index >= 15 is 0 Å². The molecule has 0 bridgehead atoms. The van der Waals surface area contributed by atoms with Gasteiger partial charge < -0.3 is 24.5 Å². The minimum absolute atomic E-state index is 0.128. The lowest BCUT2D eigenvalue weighted by molar-refractivity contribution is 0.152. The number of imidazole rings is 2. The highest BCUT2D eigenvalue weighted by Crippen LogP contribution is 2.30. The number of rotatable bonds is 8. The van der Waals surface area contributed by atoms with Crippen LogP contribution < -0.4 is 10.2 Å². The van der Waals surface area contributed by atoms with E-state index in [2.05, 4.69) is 94.1 Å². The number of ether oxygens (including phenoxy) is 1. The maximum Gasteiger partial charge on any atom is 0.407 e. The van der Waals surface area contributed by atoms with Gasteiger partial charge in [0.1, 0.15) is 17.2 Å². The molecule has 3 heterocycles. The topological polar surface area (TPSA) is 91.3 Å². The van der Waals surface area contributed by atoms with Gasteiger partial charge in [0.2, 0.25) is 0 Å². The van der Waals surface area contributed by atoms with Crippen LogP contribution in [0.15, 0.2) is 48.7 Å². The number of benzene rings is 2. The first-order valence-corrected chi connectivity index (χ1v) is 14.2. The average molecular weight is 544 g/mol. The molecule has 0 atom stereocenters. The Morgan fingerprint density at radius 2 is 1.80 bits per heavy atom. The fraction of sp³-hybridized carbons (Fsp3) is 0.452. The van der Waals surface area contributed by atoms with E-state index in [1.54, 1.807) is 6.92 Å². The highest BCUT2D eigenvalue weighted by atomic mass is 16.5. The van der Waals surface area contributed by atoms with Crippen molar-refractivity contribution in [2.75, 3.05) is 44.2 Å². The number of aromatic amines is 1. The van der Waals surface area contributed by atoms with E-state index in [-0.39, 0.29) is 11.5 Å². The zero-order valence-electron chi connectivity index (χ0n) is 24.3. The van der Waals surface area contributed by atoms with Crippen LogP contribution in [0.1, 0.15) is 44.8 Å². The van der Waals surface area contributed by atoms with Gasteiger partial charge in [-0.2, -0.15) is 0 Å². The Morgan fingerprint density at radius 3 is 2.50 bits per heavy atom. The van der Waals surface area contributed by atoms with Gasteiger partial charge in [-0.3, -0.25) is 4.90 Å². The number of anilines is 1. The predicted molar refractivity (Wildman–Crippen MR) is 160 cm³/mol. The minimum Gasteiger partial charge on any atom is -0.450 e. The number of aryl methyl sites for hydroxylation is 1. The third-order valence-corrected chi connectivity index (χ3v) is 7.54. The summed E-state index contributed by atoms with van der Waals surface area (Å²) in [5.41, 5.74) is 6.87. The molecular formula is C31H41N7O2. The lowest BCUT2D eigenvalue weighted by Crippen LogP contribution is -2.46. The molecule has 0 radical (unpaired) electrons. The molecule has 5 rings (SSSR count). The third kappa shape index (κ3) is 6.31. The van der Waals surface area contributed by atoms with E-state index in [9.17, 15) is 4.79 Å². The Labute approximate surface area is 236 Å². The number of alkyl carbamates (subject to hydrolysis) is 1. The number of carbonyl (C=O) groups is 1. The average Bonchev–Trinajstić information content (AvgIpc) is 3.52. The fourth-order valence-corrected chi connectivity index (χ4v) is 5.25. The second-order valence-electron chi connectivity index (χ2n) is 11.5. The number of H-pyrrole nitrogens is 1. The largest absolute Gasteiger partial charge is 0.450 e. The second-order valence-corrected chi connectivity index (χ2v) is 11.5. The number of piperazine rings is 1. The van der Waals surface area contributed by atoms with Gasteiger partial charge in [0, 0.05) is 57.6 Å². The fourth-order valence-electron chi connectivity index (χ4n) is 5.25. The van der Waals surface area contributed by atoms with Gasteiger partial charge in [-0.15, -0.1) is 0 Å². The molecule has 4 aromatic rings. The van der Waals surface area contributed by atoms with Crippen LogP contribution in [-0.4, -0.2) is 69.8 Å². The molecule has 9 nitrogen and oxygen atoms in total. The van der Waals surface area contributed by atoms with Crippen molar-refractivity contribution in [3.8, 4) is 11.4 Å². The summed E-state index contributed by atoms with van der Waals surface area (Å²) in [4.78, 5) is 29.7. The van der Waals surface area contributed by atoms with Gasteiger partial charge in [0.25, 0.3) is 0 Å². The van der Waals surface area contributed by atoms with Gasteiger partial charge in [-0.1, -0.05) is 51.1 Å². The van der Waals surface area contributed by atoms with Crippen molar-refractivity contribution in [2.24, 2.45) is 0 Å². The summed E-state index contributed by atoms with van der Waals surface area (Å²) in [7, 11) is 0. The van der Waals surface area contributed by atoms with E-state index in [1.807, 2.05) is 6.92 Å². The number of carbonyl (C=O) groups excluding carboxylic acids is 1. The molecule has 0 aliphatic carbocycles. The quantitative estimate of drug-likeness (QED) is 0.321. The number of amides is 1. The Balaban J connectivity index is 1.20. The third-order valence-electron chi connectivity index (χ3n) is 7.54. The lowest BCUT2D eigenvalue weighted by atomic mass is 9.87. The number of nitrogens with one attached hydrogen (secondary N) is 2. The zero-order valence-corrected chi connectivity index (χ0v) is 24.3. The zero-order chi connectivity index (χ0) is 28.3. The first kappa shape index (κ1) is 27.7. The van der Waals surface area contributed by atoms with Crippen molar-refractivity contribution < 1.29 is 9.53 Å². The Morgan fingerprint density at radius 1 is 1.05 bits per heavy atom. The maximum atomic E-state index is 11.5. The highest BCUT2D eigenvalue weighted by Gasteiger charge is 2.21. The normalized spacial score (nSPS) is 14.6. The van der Waals surface area contributed by atoms with Crippen LogP contribution in [0.25, 0.3) is 22.4 Å². The van der Waals surface area contributed by atoms with E-state index in [1.165, 1.54) is 11.3 Å². The number of hydrogen-bond donors (Lipinski definition) is 2. The van der Waals surface area contributed by atoms with Crippen molar-refractivity contribution >= 4 is 22.8 Å². The smallest absolute Gasteiger partial charge is 0.407 e. The minimum atomic E-state index is -0.380. The van der Waals surface area contributed by atoms with Crippen LogP contribution in [0.4, 0.5) is 10.5 Å². The van der Waals surface area contributed by atoms with Crippen molar-refractivity contribution in [1.82, 2.24) is 29.7 Å². The monoisotopic (exact) mass is 543 g/mol. The van der Waals surface area contributed by atoms with Gasteiger partial charge in [0.05, 0.1) is 23.5 Å². The second kappa shape index (κ2) is 11.7. The lowest BCUT2D eigenvalue weighted by Gasteiger charge is -2.35. The van der Waals surface area contributed by atoms with E-state index in [0.717, 1.165) is 66.7 Å². The molecule has 2 aromatic carbocycles. The molecule has 2 aromatic heterocycles. The highest BCUT2D eigenvalue weighted by molar-refractivity contribution is 5.91. The van der Waals surface area contributed by atoms with Crippen molar-refractivity contribution in [1.29, 1.82) is 0 Å². The first-order valence-electron chi connectivity index (χ1n) is 14.2. The number of nitrogens with zero attached hydrogens (tertiary/aromatic N) is 5. The van der Waals surface area contributed by atoms with E-state index < -0.39 is 0 Å². The molecule has 2 N–H and O–H groups in total. The van der Waals surface area contributed by atoms with Crippen LogP contribution in [0.2, 0.25) is 0 Å². The number of fused-ring (bicyclic) bond motifs is 1. The van der Waals surface area contributed by atoms with Gasteiger partial charge >= 0.3 is 6.09 Å². The van der Waals surface area contributed by atoms with Crippen molar-refractivity contribution in [2.45, 2.75) is 53.1 Å². The molecular weight excluding hydrogens is 502 g/mol. The van der Waals surface area contributed by atoms with Crippen LogP contribution in [0.5, 0.6) is 0 Å². The molecule has 1 saturated heterocycles. The molecule has 212 valence electrons. The van der Waals surface area contributed by atoms with Gasteiger partial charge in [-0.25, -0.2) is 14.8 Å². The van der Waals surface area contributed by atoms with Crippen molar-refractivity contribution in [3.63, 3.8) is 0 Å². The van der Waals surface area contributed by atoms with Crippen LogP contribution in [0, 0.1) is 6.92 Å². The molecule has 1 aliphatic rings. The van der Waals surface area contributed by atoms with Gasteiger partial charge in [-0.05, 0) is 37.0 Å². The number of para-hydroxylation sites is 1. The van der Waals surface area contributed by atoms with Crippen molar-refractivity contribution in [3.05, 3.63) is 65.7 Å². The number of aromatic nitrogens is 4. The predicted octanol–water partition coefficient (Wildman–Crippen LogP) is 5.10. The summed E-state index contributed by atoms with van der Waals surface area (Å²) in [5.74, 6) is 1.86. The summed E-state index contributed by atoms with van der Waals surface area (Å²) < 4.78 is 7.01. The Bertz CT molecular complexity index is 1440. The Kier molecular flexibility index (Phi) is 8.12. The Hall–Kier alpha value is -3.85. The standard InChI is InChI=1S/C31H41N7O2/c1-6-40-30(39)32-14-15-38-21-25(33-22(38)2)20-36-16-18-37(19-17-36)27-9-7-8-26-28(27)35-29(34-26)23-10-12-24(13-11-23)31(3,4)5/h7-13,21H,6,14-20H2,1-5H3,(H,32,39)(H,34,35). The summed E-state index contributed by atoms with van der Waals surface area (Å²) in [6, 6.07) is 15.1. The maximum absolute atomic E-state index is 11.5. The summed E-state index contributed by atoms with van der Waals surface area (Å²) in [6.07, 6.45) is 1.71. The summed E-state index contributed by atoms with van der Waals surface area (Å²) >= 11 is 0. The molecule has 1 amide bonds. The molecule has 0 unspecified atom stereocenters. The molecule has 40 heavy (non-hydrogen) atoms. The van der Waals surface area contributed by atoms with Crippen LogP contribution in [-0.2, 0) is 23.2 Å². The molecule has 0 spiro atoms. The molecule has 9 heteroatoms. The van der Waals surface area contributed by atoms with Gasteiger partial charge in [0.15, 0.2) is 0 Å². The summed E-state index contributed by atoms with van der Waals surface area (Å²) in [5, 5.41) is 2.77. The van der Waals surface area contributed by atoms with Crippen LogP contribution >= 0.6 is 0 Å². The van der Waals surface area contributed by atoms with E-state index in [4.69, 9.17) is 14.7 Å². The van der Waals surface area contributed by atoms with E-state index in [0.29, 0.717) is 19.7 Å². The molecule has 0 saturated carbocycles. The first-order chi connectivity index (χ1) is 19.2. The summed E-state index contributed by atoms with van der Waals surface area (Å²) in [6.45, 7) is 16.7. The van der Waals surface area contributed by atoms with Crippen LogP contribution in [0.3, 0.4) is 0 Å². The molecule has 1 fully saturated rings. The number of hydrogen-bond acceptors (Lipinski definition) is 6.